The molecule has 0 aromatic heterocycles. The number of hydrogen-bond acceptors (Lipinski definition) is 4. The van der Waals surface area contributed by atoms with Gasteiger partial charge >= 0.3 is 11.9 Å². The van der Waals surface area contributed by atoms with Crippen molar-refractivity contribution in [3.8, 4) is 0 Å². The Kier molecular flexibility index (Phi) is 3.67. The second-order valence-electron chi connectivity index (χ2n) is 4.93. The predicted octanol–water partition coefficient (Wildman–Crippen LogP) is 3.68. The summed E-state index contributed by atoms with van der Waals surface area (Å²) in [5.74, 6) is -0.854. The average molecular weight is 296 g/mol. The zero-order chi connectivity index (χ0) is 15.7. The third kappa shape index (κ3) is 2.17. The number of esters is 2. The molecule has 0 saturated heterocycles. The zero-order valence-electron chi connectivity index (χ0n) is 12.5. The van der Waals surface area contributed by atoms with Gasteiger partial charge in [-0.25, -0.2) is 9.59 Å². The van der Waals surface area contributed by atoms with E-state index in [1.807, 2.05) is 24.3 Å². The van der Waals surface area contributed by atoms with Crippen molar-refractivity contribution in [1.29, 1.82) is 0 Å². The fourth-order valence-electron chi connectivity index (χ4n) is 2.76. The monoisotopic (exact) mass is 296 g/mol. The van der Waals surface area contributed by atoms with Gasteiger partial charge in [0.2, 0.25) is 0 Å². The van der Waals surface area contributed by atoms with Gasteiger partial charge in [-0.15, -0.1) is 0 Å². The van der Waals surface area contributed by atoms with Gasteiger partial charge in [-0.3, -0.25) is 0 Å². The first-order valence-corrected chi connectivity index (χ1v) is 7.29. The molecule has 3 rings (SSSR count). The summed E-state index contributed by atoms with van der Waals surface area (Å²) in [6.07, 6.45) is 3.95. The normalized spacial score (nSPS) is 11.7. The molecule has 0 atom stereocenters. The molecular weight excluding hydrogens is 280 g/mol. The largest absolute Gasteiger partial charge is 0.462 e. The lowest BCUT2D eigenvalue weighted by molar-refractivity contribution is 0.0527. The second-order valence-corrected chi connectivity index (χ2v) is 4.93. The molecule has 22 heavy (non-hydrogen) atoms. The number of ether oxygens (including phenoxy) is 2. The average Bonchev–Trinajstić information content (AvgIpc) is 2.93. The lowest BCUT2D eigenvalue weighted by Crippen LogP contribution is -2.11. The number of hydrogen-bond donors (Lipinski definition) is 0. The van der Waals surface area contributed by atoms with Crippen LogP contribution in [0.1, 0.15) is 45.7 Å². The Morgan fingerprint density at radius 1 is 0.773 bits per heavy atom. The van der Waals surface area contributed by atoms with Crippen LogP contribution in [-0.2, 0) is 9.47 Å². The lowest BCUT2D eigenvalue weighted by atomic mass is 9.95. The molecule has 112 valence electrons. The Morgan fingerprint density at radius 2 is 1.23 bits per heavy atom. The molecule has 0 unspecified atom stereocenters. The highest BCUT2D eigenvalue weighted by atomic mass is 16.5. The molecule has 4 heteroatoms. The summed E-state index contributed by atoms with van der Waals surface area (Å²) >= 11 is 0. The summed E-state index contributed by atoms with van der Waals surface area (Å²) in [4.78, 5) is 24.5. The van der Waals surface area contributed by atoms with Crippen molar-refractivity contribution in [2.24, 2.45) is 0 Å². The standard InChI is InChI=1S/C18H16O4/c1-3-21-17(19)13-9-7-11-5-6-12-8-10-14(16(13)15(11)12)18(20)22-4-2/h5-10H,3-4H2,1-2H3. The van der Waals surface area contributed by atoms with E-state index < -0.39 is 11.9 Å². The van der Waals surface area contributed by atoms with Crippen molar-refractivity contribution in [2.45, 2.75) is 13.8 Å². The predicted molar refractivity (Wildman–Crippen MR) is 84.8 cm³/mol. The van der Waals surface area contributed by atoms with Crippen molar-refractivity contribution in [1.82, 2.24) is 0 Å². The summed E-state index contributed by atoms with van der Waals surface area (Å²) in [5.41, 5.74) is 2.77. The molecule has 2 aromatic rings. The molecule has 0 N–H and O–H groups in total. The van der Waals surface area contributed by atoms with Gasteiger partial charge in [0.1, 0.15) is 0 Å². The van der Waals surface area contributed by atoms with E-state index in [1.54, 1.807) is 26.0 Å². The van der Waals surface area contributed by atoms with Crippen molar-refractivity contribution in [3.05, 3.63) is 46.5 Å². The van der Waals surface area contributed by atoms with Crippen LogP contribution in [0.2, 0.25) is 0 Å². The number of carbonyl (C=O) groups is 2. The highest BCUT2D eigenvalue weighted by Crippen LogP contribution is 2.36. The van der Waals surface area contributed by atoms with E-state index in [-0.39, 0.29) is 13.2 Å². The van der Waals surface area contributed by atoms with Gasteiger partial charge in [0.05, 0.1) is 24.3 Å². The van der Waals surface area contributed by atoms with Crippen LogP contribution in [0.5, 0.6) is 0 Å². The maximum Gasteiger partial charge on any atom is 0.338 e. The van der Waals surface area contributed by atoms with Gasteiger partial charge in [0, 0.05) is 5.39 Å². The van der Waals surface area contributed by atoms with E-state index >= 15 is 0 Å². The van der Waals surface area contributed by atoms with Crippen molar-refractivity contribution in [3.63, 3.8) is 0 Å². The highest BCUT2D eigenvalue weighted by molar-refractivity contribution is 6.19. The third-order valence-corrected chi connectivity index (χ3v) is 3.66. The molecule has 0 aliphatic heterocycles. The van der Waals surface area contributed by atoms with Crippen LogP contribution in [0.4, 0.5) is 0 Å². The van der Waals surface area contributed by atoms with Crippen LogP contribution >= 0.6 is 0 Å². The minimum Gasteiger partial charge on any atom is -0.462 e. The van der Waals surface area contributed by atoms with Gasteiger partial charge < -0.3 is 9.47 Å². The van der Waals surface area contributed by atoms with Crippen LogP contribution in [0, 0.1) is 0 Å². The van der Waals surface area contributed by atoms with Gasteiger partial charge in [0.25, 0.3) is 0 Å². The number of rotatable bonds is 4. The Balaban J connectivity index is 2.29. The van der Waals surface area contributed by atoms with E-state index in [9.17, 15) is 9.59 Å². The molecule has 0 spiro atoms. The molecule has 0 fully saturated rings. The first-order chi connectivity index (χ1) is 10.7. The van der Waals surface area contributed by atoms with Crippen LogP contribution < -0.4 is 0 Å². The fraction of sp³-hybridized carbons (Fsp3) is 0.222. The number of carbonyl (C=O) groups excluding carboxylic acids is 2. The molecule has 0 saturated carbocycles. The molecule has 0 radical (unpaired) electrons. The molecule has 1 aliphatic carbocycles. The fourth-order valence-corrected chi connectivity index (χ4v) is 2.76. The molecule has 4 nitrogen and oxygen atoms in total. The van der Waals surface area contributed by atoms with Gasteiger partial charge in [0.15, 0.2) is 0 Å². The summed E-state index contributed by atoms with van der Waals surface area (Å²) in [6.45, 7) is 4.08. The van der Waals surface area contributed by atoms with E-state index in [1.165, 1.54) is 0 Å². The summed E-state index contributed by atoms with van der Waals surface area (Å²) in [6, 6.07) is 7.16. The molecule has 0 bridgehead atoms. The SMILES string of the molecule is CCOC(=O)c1ccc2c3c(ccc(C(=O)OCC)c13)C=C2. The maximum absolute atomic E-state index is 12.2. The Labute approximate surface area is 128 Å². The van der Waals surface area contributed by atoms with E-state index in [0.717, 1.165) is 16.5 Å². The molecule has 0 amide bonds. The molecular formula is C18H16O4. The summed E-state index contributed by atoms with van der Waals surface area (Å²) in [7, 11) is 0. The third-order valence-electron chi connectivity index (χ3n) is 3.66. The second kappa shape index (κ2) is 5.64. The van der Waals surface area contributed by atoms with Crippen LogP contribution in [0.3, 0.4) is 0 Å². The topological polar surface area (TPSA) is 52.6 Å². The molecule has 0 heterocycles. The van der Waals surface area contributed by atoms with Crippen molar-refractivity contribution < 1.29 is 19.1 Å². The first-order valence-electron chi connectivity index (χ1n) is 7.29. The zero-order valence-corrected chi connectivity index (χ0v) is 12.5. The van der Waals surface area contributed by atoms with Gasteiger partial charge in [-0.2, -0.15) is 0 Å². The maximum atomic E-state index is 12.2. The highest BCUT2D eigenvalue weighted by Gasteiger charge is 2.23. The summed E-state index contributed by atoms with van der Waals surface area (Å²) in [5, 5.41) is 1.51. The van der Waals surface area contributed by atoms with E-state index in [4.69, 9.17) is 9.47 Å². The van der Waals surface area contributed by atoms with Crippen LogP contribution in [0.15, 0.2) is 24.3 Å². The summed E-state index contributed by atoms with van der Waals surface area (Å²) < 4.78 is 10.2. The quantitative estimate of drug-likeness (QED) is 0.689. The van der Waals surface area contributed by atoms with Crippen molar-refractivity contribution in [2.75, 3.05) is 13.2 Å². The lowest BCUT2D eigenvalue weighted by Gasteiger charge is -2.12. The van der Waals surface area contributed by atoms with E-state index in [2.05, 4.69) is 0 Å². The molecule has 2 aromatic carbocycles. The van der Waals surface area contributed by atoms with E-state index in [0.29, 0.717) is 16.5 Å². The van der Waals surface area contributed by atoms with Crippen LogP contribution in [0.25, 0.3) is 22.9 Å². The minimum absolute atomic E-state index is 0.286. The van der Waals surface area contributed by atoms with Crippen LogP contribution in [-0.4, -0.2) is 25.2 Å². The van der Waals surface area contributed by atoms with Gasteiger partial charge in [-0.1, -0.05) is 24.3 Å². The first kappa shape index (κ1) is 14.3. The smallest absolute Gasteiger partial charge is 0.338 e. The molecule has 1 aliphatic rings. The Bertz CT molecular complexity index is 740. The number of benzene rings is 2. The Morgan fingerprint density at radius 3 is 1.64 bits per heavy atom. The van der Waals surface area contributed by atoms with Crippen molar-refractivity contribution >= 4 is 34.9 Å². The van der Waals surface area contributed by atoms with Gasteiger partial charge in [-0.05, 0) is 42.5 Å². The Hall–Kier alpha value is -2.62. The minimum atomic E-state index is -0.427.